The fourth-order valence-corrected chi connectivity index (χ4v) is 3.71. The van der Waals surface area contributed by atoms with E-state index in [1.807, 2.05) is 27.7 Å². The fourth-order valence-electron chi connectivity index (χ4n) is 2.44. The van der Waals surface area contributed by atoms with Crippen LogP contribution in [0, 0.1) is 0 Å². The third-order valence-electron chi connectivity index (χ3n) is 3.71. The van der Waals surface area contributed by atoms with Gasteiger partial charge in [0.15, 0.2) is 0 Å². The summed E-state index contributed by atoms with van der Waals surface area (Å²) < 4.78 is 33.3. The van der Waals surface area contributed by atoms with Gasteiger partial charge in [-0.15, -0.1) is 0 Å². The first-order valence-corrected chi connectivity index (χ1v) is 10.4. The number of carboxylic acid groups (broad SMARTS) is 1. The maximum Gasteiger partial charge on any atom is 0.335 e. The van der Waals surface area contributed by atoms with Crippen molar-refractivity contribution < 1.29 is 23.1 Å². The number of aromatic carboxylic acids is 1. The summed E-state index contributed by atoms with van der Waals surface area (Å²) in [5.74, 6) is -1.17. The quantitative estimate of drug-likeness (QED) is 0.477. The molecule has 26 heavy (non-hydrogen) atoms. The van der Waals surface area contributed by atoms with E-state index in [9.17, 15) is 18.3 Å². The Kier molecular flexibility index (Phi) is 9.04. The Balaban J connectivity index is 2.97. The lowest BCUT2D eigenvalue weighted by molar-refractivity contribution is 0.0696. The molecule has 0 aliphatic carbocycles. The zero-order valence-electron chi connectivity index (χ0n) is 15.9. The van der Waals surface area contributed by atoms with Crippen molar-refractivity contribution >= 4 is 21.7 Å². The molecule has 1 atom stereocenters. The van der Waals surface area contributed by atoms with E-state index in [2.05, 4.69) is 10.0 Å². The summed E-state index contributed by atoms with van der Waals surface area (Å²) >= 11 is 0. The molecule has 0 fully saturated rings. The van der Waals surface area contributed by atoms with Crippen LogP contribution in [0.1, 0.15) is 57.3 Å². The van der Waals surface area contributed by atoms with Crippen LogP contribution in [0.2, 0.25) is 0 Å². The molecule has 0 aliphatic rings. The SMILES string of the molecule is CCC[C@H](C)Nc1ccc(C(=O)O)cc1S(=O)(=O)NCCCOC(C)C. The van der Waals surface area contributed by atoms with Gasteiger partial charge in [-0.3, -0.25) is 0 Å². The maximum atomic E-state index is 12.7. The monoisotopic (exact) mass is 386 g/mol. The lowest BCUT2D eigenvalue weighted by atomic mass is 10.1. The van der Waals surface area contributed by atoms with Crippen LogP contribution in [0.5, 0.6) is 0 Å². The van der Waals surface area contributed by atoms with Gasteiger partial charge in [0.25, 0.3) is 0 Å². The molecule has 1 rings (SSSR count). The minimum atomic E-state index is -3.84. The third kappa shape index (κ3) is 7.31. The van der Waals surface area contributed by atoms with Crippen LogP contribution >= 0.6 is 0 Å². The Bertz CT molecular complexity index is 689. The fraction of sp³-hybridized carbons (Fsp3) is 0.611. The maximum absolute atomic E-state index is 12.7. The first kappa shape index (κ1) is 22.4. The molecule has 3 N–H and O–H groups in total. The molecule has 8 heteroatoms. The van der Waals surface area contributed by atoms with Crippen molar-refractivity contribution in [3.8, 4) is 0 Å². The van der Waals surface area contributed by atoms with Gasteiger partial charge in [-0.1, -0.05) is 13.3 Å². The predicted molar refractivity (Wildman–Crippen MR) is 102 cm³/mol. The largest absolute Gasteiger partial charge is 0.478 e. The minimum Gasteiger partial charge on any atom is -0.478 e. The number of hydrogen-bond acceptors (Lipinski definition) is 5. The number of carboxylic acids is 1. The highest BCUT2D eigenvalue weighted by atomic mass is 32.2. The molecule has 148 valence electrons. The second-order valence-corrected chi connectivity index (χ2v) is 8.26. The number of anilines is 1. The molecule has 0 radical (unpaired) electrons. The third-order valence-corrected chi connectivity index (χ3v) is 5.21. The number of hydrogen-bond donors (Lipinski definition) is 3. The molecule has 0 bridgehead atoms. The van der Waals surface area contributed by atoms with E-state index in [1.165, 1.54) is 18.2 Å². The first-order valence-electron chi connectivity index (χ1n) is 8.92. The Hall–Kier alpha value is -1.64. The van der Waals surface area contributed by atoms with Crippen LogP contribution in [-0.2, 0) is 14.8 Å². The number of ether oxygens (including phenoxy) is 1. The second kappa shape index (κ2) is 10.5. The molecule has 0 amide bonds. The van der Waals surface area contributed by atoms with Crippen molar-refractivity contribution in [3.63, 3.8) is 0 Å². The summed E-state index contributed by atoms with van der Waals surface area (Å²) in [4.78, 5) is 11.2. The molecule has 0 unspecified atom stereocenters. The molecular formula is C18H30N2O5S. The Morgan fingerprint density at radius 1 is 1.27 bits per heavy atom. The number of nitrogens with one attached hydrogen (secondary N) is 2. The minimum absolute atomic E-state index is 0.0508. The summed E-state index contributed by atoms with van der Waals surface area (Å²) in [7, 11) is -3.84. The van der Waals surface area contributed by atoms with Crippen molar-refractivity contribution in [1.29, 1.82) is 0 Å². The van der Waals surface area contributed by atoms with Crippen LogP contribution in [0.15, 0.2) is 23.1 Å². The highest BCUT2D eigenvalue weighted by Crippen LogP contribution is 2.24. The Labute approximate surface area is 156 Å². The van der Waals surface area contributed by atoms with E-state index in [4.69, 9.17) is 4.74 Å². The van der Waals surface area contributed by atoms with Gasteiger partial charge in [-0.2, -0.15) is 0 Å². The Morgan fingerprint density at radius 3 is 2.54 bits per heavy atom. The van der Waals surface area contributed by atoms with Gasteiger partial charge in [-0.05, 0) is 51.8 Å². The zero-order chi connectivity index (χ0) is 19.7. The van der Waals surface area contributed by atoms with Crippen LogP contribution in [0.4, 0.5) is 5.69 Å². The molecule has 1 aromatic rings. The van der Waals surface area contributed by atoms with Gasteiger partial charge in [0.2, 0.25) is 10.0 Å². The van der Waals surface area contributed by atoms with Crippen molar-refractivity contribution in [3.05, 3.63) is 23.8 Å². The van der Waals surface area contributed by atoms with Gasteiger partial charge in [0.1, 0.15) is 4.90 Å². The van der Waals surface area contributed by atoms with Gasteiger partial charge < -0.3 is 15.2 Å². The molecule has 0 saturated carbocycles. The normalized spacial score (nSPS) is 13.0. The van der Waals surface area contributed by atoms with Gasteiger partial charge in [-0.25, -0.2) is 17.9 Å². The summed E-state index contributed by atoms with van der Waals surface area (Å²) in [5, 5.41) is 12.3. The predicted octanol–water partition coefficient (Wildman–Crippen LogP) is 3.08. The molecule has 0 saturated heterocycles. The van der Waals surface area contributed by atoms with Gasteiger partial charge in [0.05, 0.1) is 17.4 Å². The molecule has 7 nitrogen and oxygen atoms in total. The average molecular weight is 387 g/mol. The van der Waals surface area contributed by atoms with E-state index in [1.54, 1.807) is 0 Å². The highest BCUT2D eigenvalue weighted by molar-refractivity contribution is 7.89. The molecule has 0 spiro atoms. The lowest BCUT2D eigenvalue weighted by Crippen LogP contribution is -2.28. The average Bonchev–Trinajstić information content (AvgIpc) is 2.54. The highest BCUT2D eigenvalue weighted by Gasteiger charge is 2.21. The van der Waals surface area contributed by atoms with Crippen LogP contribution in [-0.4, -0.2) is 44.8 Å². The summed E-state index contributed by atoms with van der Waals surface area (Å²) in [6.07, 6.45) is 2.46. The van der Waals surface area contributed by atoms with Gasteiger partial charge >= 0.3 is 5.97 Å². The van der Waals surface area contributed by atoms with E-state index in [0.29, 0.717) is 18.7 Å². The van der Waals surface area contributed by atoms with E-state index >= 15 is 0 Å². The van der Waals surface area contributed by atoms with Crippen LogP contribution in [0.25, 0.3) is 0 Å². The van der Waals surface area contributed by atoms with Gasteiger partial charge in [0, 0.05) is 19.2 Å². The zero-order valence-corrected chi connectivity index (χ0v) is 16.7. The van der Waals surface area contributed by atoms with Crippen molar-refractivity contribution in [2.24, 2.45) is 0 Å². The Morgan fingerprint density at radius 2 is 1.96 bits per heavy atom. The molecule has 0 aliphatic heterocycles. The number of benzene rings is 1. The van der Waals surface area contributed by atoms with E-state index in [0.717, 1.165) is 12.8 Å². The number of rotatable bonds is 12. The van der Waals surface area contributed by atoms with E-state index < -0.39 is 16.0 Å². The molecule has 1 aromatic carbocycles. The smallest absolute Gasteiger partial charge is 0.335 e. The van der Waals surface area contributed by atoms with Crippen molar-refractivity contribution in [2.75, 3.05) is 18.5 Å². The lowest BCUT2D eigenvalue weighted by Gasteiger charge is -2.18. The molecule has 0 aromatic heterocycles. The molecule has 0 heterocycles. The standard InChI is InChI=1S/C18H30N2O5S/c1-5-7-14(4)20-16-9-8-15(18(21)22)12-17(16)26(23,24)19-10-6-11-25-13(2)3/h8-9,12-14,19-20H,5-7,10-11H2,1-4H3,(H,21,22)/t14-/m0/s1. The summed E-state index contributed by atoms with van der Waals surface area (Å²) in [6, 6.07) is 4.17. The van der Waals surface area contributed by atoms with Crippen molar-refractivity contribution in [1.82, 2.24) is 4.72 Å². The topological polar surface area (TPSA) is 105 Å². The van der Waals surface area contributed by atoms with E-state index in [-0.39, 0.29) is 29.1 Å². The first-order chi connectivity index (χ1) is 12.2. The second-order valence-electron chi connectivity index (χ2n) is 6.52. The summed E-state index contributed by atoms with van der Waals surface area (Å²) in [6.45, 7) is 8.50. The van der Waals surface area contributed by atoms with Crippen LogP contribution in [0.3, 0.4) is 0 Å². The van der Waals surface area contributed by atoms with Crippen LogP contribution < -0.4 is 10.0 Å². The summed E-state index contributed by atoms with van der Waals surface area (Å²) in [5.41, 5.74) is 0.337. The number of sulfonamides is 1. The molecular weight excluding hydrogens is 356 g/mol. The van der Waals surface area contributed by atoms with Crippen molar-refractivity contribution in [2.45, 2.75) is 64.0 Å². The number of carbonyl (C=O) groups is 1.